The van der Waals surface area contributed by atoms with Crippen LogP contribution in [0.25, 0.3) is 0 Å². The van der Waals surface area contributed by atoms with Gasteiger partial charge in [0, 0.05) is 22.1 Å². The highest BCUT2D eigenvalue weighted by Gasteiger charge is 2.22. The topological polar surface area (TPSA) is 89.4 Å². The molecule has 0 aliphatic heterocycles. The average Bonchev–Trinajstić information content (AvgIpc) is 2.19. The van der Waals surface area contributed by atoms with Gasteiger partial charge in [0.25, 0.3) is 0 Å². The maximum atomic E-state index is 10.7. The van der Waals surface area contributed by atoms with Crippen LogP contribution in [-0.4, -0.2) is 10.0 Å². The fourth-order valence-electron chi connectivity index (χ4n) is 1.51. The Morgan fingerprint density at radius 2 is 2.29 bits per heavy atom. The number of halogens is 1. The van der Waals surface area contributed by atoms with Crippen LogP contribution in [0.2, 0.25) is 0 Å². The third-order valence-corrected chi connectivity index (χ3v) is 2.71. The summed E-state index contributed by atoms with van der Waals surface area (Å²) in [5, 5.41) is 20.5. The molecule has 0 heterocycles. The van der Waals surface area contributed by atoms with Gasteiger partial charge in [-0.2, -0.15) is 0 Å². The van der Waals surface area contributed by atoms with E-state index in [0.717, 1.165) is 5.57 Å². The molecule has 0 saturated carbocycles. The summed E-state index contributed by atoms with van der Waals surface area (Å²) >= 11 is 3.16. The van der Waals surface area contributed by atoms with E-state index in [9.17, 15) is 15.2 Å². The van der Waals surface area contributed by atoms with Gasteiger partial charge in [-0.05, 0) is 19.4 Å². The predicted molar refractivity (Wildman–Crippen MR) is 68.8 cm³/mol. The van der Waals surface area contributed by atoms with Crippen LogP contribution in [0.5, 0.6) is 5.75 Å². The van der Waals surface area contributed by atoms with Crippen molar-refractivity contribution in [3.8, 4) is 5.75 Å². The van der Waals surface area contributed by atoms with Crippen molar-refractivity contribution in [2.24, 2.45) is 5.73 Å². The minimum atomic E-state index is -0.642. The van der Waals surface area contributed by atoms with Crippen LogP contribution >= 0.6 is 15.9 Å². The van der Waals surface area contributed by atoms with Gasteiger partial charge < -0.3 is 10.8 Å². The van der Waals surface area contributed by atoms with E-state index < -0.39 is 11.0 Å². The minimum Gasteiger partial charge on any atom is -0.502 e. The van der Waals surface area contributed by atoms with Crippen LogP contribution in [0.15, 0.2) is 28.8 Å². The largest absolute Gasteiger partial charge is 0.502 e. The Labute approximate surface area is 107 Å². The van der Waals surface area contributed by atoms with Gasteiger partial charge in [0.2, 0.25) is 0 Å². The quantitative estimate of drug-likeness (QED) is 0.508. The monoisotopic (exact) mass is 300 g/mol. The zero-order valence-electron chi connectivity index (χ0n) is 9.31. The maximum absolute atomic E-state index is 10.7. The van der Waals surface area contributed by atoms with Crippen LogP contribution in [0.4, 0.5) is 5.69 Å². The molecule has 0 radical (unpaired) electrons. The molecular formula is C11H13BrN2O3. The zero-order valence-corrected chi connectivity index (χ0v) is 10.9. The fourth-order valence-corrected chi connectivity index (χ4v) is 1.98. The number of phenols is 1. The summed E-state index contributed by atoms with van der Waals surface area (Å²) in [6.07, 6.45) is 0.459. The van der Waals surface area contributed by atoms with E-state index in [4.69, 9.17) is 5.73 Å². The van der Waals surface area contributed by atoms with E-state index in [1.165, 1.54) is 6.07 Å². The van der Waals surface area contributed by atoms with E-state index in [0.29, 0.717) is 16.5 Å². The van der Waals surface area contributed by atoms with Crippen LogP contribution in [-0.2, 0) is 0 Å². The Balaban J connectivity index is 3.24. The van der Waals surface area contributed by atoms with Gasteiger partial charge in [0.1, 0.15) is 0 Å². The summed E-state index contributed by atoms with van der Waals surface area (Å²) in [6.45, 7) is 5.53. The maximum Gasteiger partial charge on any atom is 0.312 e. The van der Waals surface area contributed by atoms with Gasteiger partial charge in [-0.3, -0.25) is 10.1 Å². The molecule has 6 heteroatoms. The van der Waals surface area contributed by atoms with Crippen molar-refractivity contribution in [1.29, 1.82) is 0 Å². The van der Waals surface area contributed by atoms with Gasteiger partial charge in [0.05, 0.1) is 4.92 Å². The van der Waals surface area contributed by atoms with Gasteiger partial charge in [-0.25, -0.2) is 0 Å². The lowest BCUT2D eigenvalue weighted by atomic mass is 10.00. The average molecular weight is 301 g/mol. The lowest BCUT2D eigenvalue weighted by Crippen LogP contribution is -2.11. The number of hydrogen-bond donors (Lipinski definition) is 2. The van der Waals surface area contributed by atoms with Crippen LogP contribution in [0.1, 0.15) is 24.9 Å². The van der Waals surface area contributed by atoms with Crippen LogP contribution < -0.4 is 5.73 Å². The minimum absolute atomic E-state index is 0.342. The summed E-state index contributed by atoms with van der Waals surface area (Å²) in [6, 6.07) is 2.31. The van der Waals surface area contributed by atoms with E-state index in [1.54, 1.807) is 6.07 Å². The Kier molecular flexibility index (Phi) is 4.25. The molecule has 17 heavy (non-hydrogen) atoms. The molecule has 0 saturated heterocycles. The Morgan fingerprint density at radius 3 is 2.76 bits per heavy atom. The van der Waals surface area contributed by atoms with Crippen molar-refractivity contribution in [2.45, 2.75) is 19.4 Å². The summed E-state index contributed by atoms with van der Waals surface area (Å²) < 4.78 is 0.508. The van der Waals surface area contributed by atoms with Crippen LogP contribution in [0, 0.1) is 10.1 Å². The van der Waals surface area contributed by atoms with Crippen molar-refractivity contribution in [2.75, 3.05) is 0 Å². The molecule has 0 amide bonds. The molecule has 1 rings (SSSR count). The molecule has 1 atom stereocenters. The fraction of sp³-hybridized carbons (Fsp3) is 0.273. The number of hydrogen-bond acceptors (Lipinski definition) is 4. The molecule has 1 aromatic rings. The summed E-state index contributed by atoms with van der Waals surface area (Å²) in [7, 11) is 0. The van der Waals surface area contributed by atoms with Crippen molar-refractivity contribution >= 4 is 21.6 Å². The molecule has 0 bridgehead atoms. The number of benzene rings is 1. The lowest BCUT2D eigenvalue weighted by molar-refractivity contribution is -0.386. The zero-order chi connectivity index (χ0) is 13.2. The van der Waals surface area contributed by atoms with Crippen molar-refractivity contribution in [3.05, 3.63) is 44.4 Å². The molecule has 0 aliphatic rings. The van der Waals surface area contributed by atoms with E-state index in [1.807, 2.05) is 6.92 Å². The number of aromatic hydroxyl groups is 1. The second-order valence-electron chi connectivity index (χ2n) is 3.89. The van der Waals surface area contributed by atoms with Crippen molar-refractivity contribution in [3.63, 3.8) is 0 Å². The van der Waals surface area contributed by atoms with Gasteiger partial charge in [0.15, 0.2) is 5.75 Å². The molecule has 0 aliphatic carbocycles. The molecule has 0 unspecified atom stereocenters. The van der Waals surface area contributed by atoms with Gasteiger partial charge in [-0.1, -0.05) is 21.5 Å². The molecule has 0 fully saturated rings. The molecule has 0 spiro atoms. The van der Waals surface area contributed by atoms with E-state index >= 15 is 0 Å². The number of nitro groups is 1. The van der Waals surface area contributed by atoms with Crippen LogP contribution in [0.3, 0.4) is 0 Å². The first-order chi connectivity index (χ1) is 7.82. The molecule has 3 N–H and O–H groups in total. The van der Waals surface area contributed by atoms with E-state index in [2.05, 4.69) is 22.5 Å². The third-order valence-electron chi connectivity index (χ3n) is 2.25. The molecule has 1 aromatic carbocycles. The Bertz CT molecular complexity index is 474. The number of nitro benzene ring substituents is 1. The first-order valence-corrected chi connectivity index (χ1v) is 5.69. The second-order valence-corrected chi connectivity index (χ2v) is 4.80. The number of nitrogens with zero attached hydrogens (tertiary/aromatic N) is 1. The normalized spacial score (nSPS) is 12.2. The number of nitrogens with two attached hydrogens (primary N) is 1. The van der Waals surface area contributed by atoms with Crippen molar-refractivity contribution in [1.82, 2.24) is 0 Å². The predicted octanol–water partition coefficient (Wildman–Crippen LogP) is 3.03. The lowest BCUT2D eigenvalue weighted by Gasteiger charge is -2.14. The molecule has 92 valence electrons. The standard InChI is InChI=1S/C11H13BrN2O3/c1-6(2)3-9(13)8-4-7(12)5-10(11(8)15)14(16)17/h4-5,9,15H,1,3,13H2,2H3/t9-/m0/s1. The first kappa shape index (κ1) is 13.7. The Morgan fingerprint density at radius 1 is 1.71 bits per heavy atom. The van der Waals surface area contributed by atoms with E-state index in [-0.39, 0.29) is 11.4 Å². The Hall–Kier alpha value is -1.40. The summed E-state index contributed by atoms with van der Waals surface area (Å²) in [5.41, 5.74) is 6.70. The van der Waals surface area contributed by atoms with Gasteiger partial charge >= 0.3 is 5.69 Å². The molecule has 0 aromatic heterocycles. The first-order valence-electron chi connectivity index (χ1n) is 4.89. The highest BCUT2D eigenvalue weighted by atomic mass is 79.9. The smallest absolute Gasteiger partial charge is 0.312 e. The number of rotatable bonds is 4. The highest BCUT2D eigenvalue weighted by Crippen LogP contribution is 2.37. The highest BCUT2D eigenvalue weighted by molar-refractivity contribution is 9.10. The van der Waals surface area contributed by atoms with Gasteiger partial charge in [-0.15, -0.1) is 6.58 Å². The SMILES string of the molecule is C=C(C)C[C@H](N)c1cc(Br)cc([N+](=O)[O-])c1O. The third kappa shape index (κ3) is 3.28. The molecular weight excluding hydrogens is 288 g/mol. The summed E-state index contributed by atoms with van der Waals surface area (Å²) in [4.78, 5) is 10.1. The second kappa shape index (κ2) is 5.29. The summed E-state index contributed by atoms with van der Waals surface area (Å²) in [5.74, 6) is -0.382. The number of phenolic OH excluding ortho intramolecular Hbond substituents is 1. The van der Waals surface area contributed by atoms with Crippen molar-refractivity contribution < 1.29 is 10.0 Å². The molecule has 5 nitrogen and oxygen atoms in total.